The molecule has 0 saturated carbocycles. The largest absolute Gasteiger partial charge is 0.489 e. The van der Waals surface area contributed by atoms with Crippen molar-refractivity contribution in [1.82, 2.24) is 0 Å². The van der Waals surface area contributed by atoms with Crippen LogP contribution in [0.4, 0.5) is 13.2 Å². The topological polar surface area (TPSA) is 27.7 Å². The fourth-order valence-electron chi connectivity index (χ4n) is 1.77. The lowest BCUT2D eigenvalue weighted by molar-refractivity contribution is -0.0851. The molecule has 0 aliphatic carbocycles. The highest BCUT2D eigenvalue weighted by Crippen LogP contribution is 2.37. The number of rotatable bonds is 10. The number of hydrogen-bond acceptors (Lipinski definition) is 3. The van der Waals surface area contributed by atoms with Crippen LogP contribution in [0.25, 0.3) is 0 Å². The second kappa shape index (κ2) is 12.3. The molecule has 1 atom stereocenters. The van der Waals surface area contributed by atoms with E-state index in [9.17, 15) is 13.2 Å². The fourth-order valence-corrected chi connectivity index (χ4v) is 2.52. The van der Waals surface area contributed by atoms with Gasteiger partial charge in [-0.1, -0.05) is 58.0 Å². The molecule has 0 aliphatic rings. The van der Waals surface area contributed by atoms with E-state index in [4.69, 9.17) is 72.2 Å². The highest BCUT2D eigenvalue weighted by molar-refractivity contribution is 6.55. The van der Waals surface area contributed by atoms with Crippen molar-refractivity contribution in [2.45, 2.75) is 25.6 Å². The predicted molar refractivity (Wildman–Crippen MR) is 107 cm³/mol. The van der Waals surface area contributed by atoms with E-state index in [1.807, 2.05) is 0 Å². The lowest BCUT2D eigenvalue weighted by Crippen LogP contribution is -2.15. The number of benzene rings is 1. The van der Waals surface area contributed by atoms with E-state index in [1.54, 1.807) is 6.92 Å². The lowest BCUT2D eigenvalue weighted by Gasteiger charge is -2.17. The van der Waals surface area contributed by atoms with Gasteiger partial charge in [-0.3, -0.25) is 0 Å². The summed E-state index contributed by atoms with van der Waals surface area (Å²) in [7, 11) is 0. The Morgan fingerprint density at radius 2 is 1.68 bits per heavy atom. The summed E-state index contributed by atoms with van der Waals surface area (Å²) in [5, 5.41) is -0.756. The number of allylic oxidation sites excluding steroid dienone is 1. The fraction of sp³-hybridized carbons (Fsp3) is 0.412. The third-order valence-corrected chi connectivity index (χ3v) is 4.34. The van der Waals surface area contributed by atoms with Gasteiger partial charge < -0.3 is 14.2 Å². The Balaban J connectivity index is 2.51. The number of alkyl halides is 3. The van der Waals surface area contributed by atoms with Crippen molar-refractivity contribution in [2.75, 3.05) is 19.8 Å². The number of halogens is 8. The molecular weight excluding hydrogens is 486 g/mol. The van der Waals surface area contributed by atoms with E-state index < -0.39 is 11.2 Å². The van der Waals surface area contributed by atoms with Gasteiger partial charge >= 0.3 is 6.18 Å². The Bertz CT molecular complexity index is 681. The molecular formula is C17H16Cl5F3O3. The van der Waals surface area contributed by atoms with Crippen LogP contribution < -0.4 is 9.47 Å². The van der Waals surface area contributed by atoms with Gasteiger partial charge in [-0.25, -0.2) is 0 Å². The summed E-state index contributed by atoms with van der Waals surface area (Å²) in [6.07, 6.45) is -2.33. The summed E-state index contributed by atoms with van der Waals surface area (Å²) in [6, 6.07) is 3.04. The lowest BCUT2D eigenvalue weighted by atomic mass is 10.2. The first-order valence-corrected chi connectivity index (χ1v) is 9.70. The first-order valence-electron chi connectivity index (χ1n) is 7.81. The van der Waals surface area contributed by atoms with Crippen molar-refractivity contribution < 1.29 is 27.4 Å². The maximum Gasteiger partial charge on any atom is 0.426 e. The van der Waals surface area contributed by atoms with Gasteiger partial charge in [-0.2, -0.15) is 13.2 Å². The Morgan fingerprint density at radius 3 is 2.21 bits per heavy atom. The molecule has 0 spiro atoms. The van der Waals surface area contributed by atoms with E-state index in [2.05, 4.69) is 0 Å². The minimum Gasteiger partial charge on any atom is -0.489 e. The maximum absolute atomic E-state index is 12.2. The molecule has 158 valence electrons. The monoisotopic (exact) mass is 500 g/mol. The number of hydrogen-bond donors (Lipinski definition) is 0. The highest BCUT2D eigenvalue weighted by Gasteiger charge is 2.31. The molecule has 28 heavy (non-hydrogen) atoms. The van der Waals surface area contributed by atoms with Crippen LogP contribution in [0.3, 0.4) is 0 Å². The quantitative estimate of drug-likeness (QED) is 0.309. The summed E-state index contributed by atoms with van der Waals surface area (Å²) >= 11 is 28.4. The Morgan fingerprint density at radius 1 is 1.07 bits per heavy atom. The molecule has 11 heteroatoms. The summed E-state index contributed by atoms with van der Waals surface area (Å²) in [5.41, 5.74) is 0. The van der Waals surface area contributed by atoms with Crippen molar-refractivity contribution >= 4 is 58.0 Å². The van der Waals surface area contributed by atoms with Crippen LogP contribution in [0.5, 0.6) is 11.5 Å². The van der Waals surface area contributed by atoms with Crippen LogP contribution in [0.1, 0.15) is 13.3 Å². The minimum absolute atomic E-state index is 0.0735. The average Bonchev–Trinajstić information content (AvgIpc) is 2.56. The Hall–Kier alpha value is -0.500. The molecule has 3 nitrogen and oxygen atoms in total. The average molecular weight is 503 g/mol. The van der Waals surface area contributed by atoms with Gasteiger partial charge in [0.2, 0.25) is 0 Å². The Labute approximate surface area is 185 Å². The standard InChI is InChI=1S/C17H16Cl5F3O3/c1-10(2-5-26-6-3-14(20)17(23,24)25)28-16-12(18)8-11(9-13(16)19)27-7-4-15(21)22/h3-4,8-10H,2,5-7H2,1H3/b14-3-. The second-order valence-electron chi connectivity index (χ2n) is 5.36. The van der Waals surface area contributed by atoms with E-state index in [0.717, 1.165) is 6.08 Å². The van der Waals surface area contributed by atoms with Crippen molar-refractivity contribution in [3.8, 4) is 11.5 Å². The third-order valence-electron chi connectivity index (χ3n) is 3.10. The molecule has 0 fully saturated rings. The predicted octanol–water partition coefficient (Wildman–Crippen LogP) is 7.55. The van der Waals surface area contributed by atoms with E-state index in [0.29, 0.717) is 12.2 Å². The second-order valence-corrected chi connectivity index (χ2v) is 7.59. The van der Waals surface area contributed by atoms with Crippen LogP contribution in [0.2, 0.25) is 10.0 Å². The van der Waals surface area contributed by atoms with Gasteiger partial charge in [-0.05, 0) is 19.1 Å². The van der Waals surface area contributed by atoms with Gasteiger partial charge in [-0.15, -0.1) is 0 Å². The molecule has 0 bridgehead atoms. The molecule has 0 amide bonds. The number of ether oxygens (including phenoxy) is 3. The first-order chi connectivity index (χ1) is 13.0. The van der Waals surface area contributed by atoms with E-state index in [1.165, 1.54) is 18.2 Å². The molecule has 1 aromatic rings. The smallest absolute Gasteiger partial charge is 0.426 e. The first kappa shape index (κ1) is 25.5. The normalized spacial score (nSPS) is 13.2. The van der Waals surface area contributed by atoms with Crippen LogP contribution in [-0.2, 0) is 4.74 Å². The summed E-state index contributed by atoms with van der Waals surface area (Å²) in [5.74, 6) is 0.659. The van der Waals surface area contributed by atoms with Gasteiger partial charge in [0.25, 0.3) is 0 Å². The third kappa shape index (κ3) is 9.81. The molecule has 0 saturated heterocycles. The summed E-state index contributed by atoms with van der Waals surface area (Å²) in [4.78, 5) is 0. The molecule has 1 rings (SSSR count). The van der Waals surface area contributed by atoms with Gasteiger partial charge in [0.05, 0.1) is 29.4 Å². The van der Waals surface area contributed by atoms with Crippen molar-refractivity contribution in [3.63, 3.8) is 0 Å². The van der Waals surface area contributed by atoms with Crippen LogP contribution >= 0.6 is 58.0 Å². The summed E-state index contributed by atoms with van der Waals surface area (Å²) in [6.45, 7) is 1.77. The molecule has 1 unspecified atom stereocenters. The SMILES string of the molecule is CC(CCOC/C=C(\Cl)C(F)(F)F)Oc1c(Cl)cc(OCC=C(Cl)Cl)cc1Cl. The van der Waals surface area contributed by atoms with Crippen LogP contribution in [0.15, 0.2) is 33.8 Å². The van der Waals surface area contributed by atoms with Crippen LogP contribution in [-0.4, -0.2) is 32.1 Å². The highest BCUT2D eigenvalue weighted by atomic mass is 35.5. The molecule has 0 heterocycles. The zero-order valence-electron chi connectivity index (χ0n) is 14.5. The molecule has 0 N–H and O–H groups in total. The molecule has 1 aromatic carbocycles. The van der Waals surface area contributed by atoms with Gasteiger partial charge in [0.15, 0.2) is 5.75 Å². The van der Waals surface area contributed by atoms with Crippen molar-refractivity contribution in [3.05, 3.63) is 43.9 Å². The maximum atomic E-state index is 12.2. The van der Waals surface area contributed by atoms with Gasteiger partial charge in [0, 0.05) is 18.6 Å². The molecule has 0 aliphatic heterocycles. The van der Waals surface area contributed by atoms with E-state index >= 15 is 0 Å². The van der Waals surface area contributed by atoms with Crippen molar-refractivity contribution in [2.24, 2.45) is 0 Å². The zero-order valence-corrected chi connectivity index (χ0v) is 18.2. The molecule has 0 aromatic heterocycles. The zero-order chi connectivity index (χ0) is 21.3. The minimum atomic E-state index is -4.57. The van der Waals surface area contributed by atoms with Gasteiger partial charge in [0.1, 0.15) is 21.9 Å². The van der Waals surface area contributed by atoms with Crippen LogP contribution in [0, 0.1) is 0 Å². The Kier molecular flexibility index (Phi) is 11.2. The summed E-state index contributed by atoms with van der Waals surface area (Å²) < 4.78 is 52.9. The van der Waals surface area contributed by atoms with E-state index in [-0.39, 0.29) is 46.2 Å². The van der Waals surface area contributed by atoms with Crippen molar-refractivity contribution in [1.29, 1.82) is 0 Å². The molecule has 0 radical (unpaired) electrons.